The highest BCUT2D eigenvalue weighted by molar-refractivity contribution is 7.89. The van der Waals surface area contributed by atoms with Crippen LogP contribution in [-0.4, -0.2) is 49.1 Å². The highest BCUT2D eigenvalue weighted by Gasteiger charge is 2.30. The molecule has 8 heteroatoms. The second-order valence-corrected chi connectivity index (χ2v) is 8.38. The van der Waals surface area contributed by atoms with Crippen molar-refractivity contribution in [2.45, 2.75) is 23.7 Å². The van der Waals surface area contributed by atoms with Crippen molar-refractivity contribution in [1.29, 1.82) is 0 Å². The van der Waals surface area contributed by atoms with Crippen LogP contribution in [0.25, 0.3) is 0 Å². The van der Waals surface area contributed by atoms with Gasteiger partial charge < -0.3 is 4.90 Å². The van der Waals surface area contributed by atoms with E-state index in [0.29, 0.717) is 32.1 Å². The summed E-state index contributed by atoms with van der Waals surface area (Å²) in [5.74, 6) is 0.785. The van der Waals surface area contributed by atoms with E-state index in [9.17, 15) is 12.8 Å². The summed E-state index contributed by atoms with van der Waals surface area (Å²) in [5, 5.41) is 8.55. The van der Waals surface area contributed by atoms with E-state index in [-0.39, 0.29) is 4.90 Å². The van der Waals surface area contributed by atoms with E-state index in [1.54, 1.807) is 0 Å². The van der Waals surface area contributed by atoms with Crippen LogP contribution in [-0.2, 0) is 10.0 Å². The highest BCUT2D eigenvalue weighted by Crippen LogP contribution is 2.38. The molecule has 0 radical (unpaired) electrons. The molecular formula is C17H19FN4O2S. The molecule has 1 aliphatic heterocycles. The number of rotatable bonds is 4. The molecule has 0 bridgehead atoms. The Kier molecular flexibility index (Phi) is 4.16. The van der Waals surface area contributed by atoms with Crippen LogP contribution in [0.15, 0.2) is 41.3 Å². The molecule has 0 amide bonds. The van der Waals surface area contributed by atoms with Crippen molar-refractivity contribution < 1.29 is 12.8 Å². The lowest BCUT2D eigenvalue weighted by molar-refractivity contribution is 0.383. The first-order valence-corrected chi connectivity index (χ1v) is 9.82. The standard InChI is InChI=1S/C17H19FN4O2S/c18-14-2-1-3-15(12-14)25(23,24)22-10-8-21(9-11-22)17-7-6-16(19-20-17)13-4-5-13/h1-3,6-7,12-13H,4-5,8-11H2. The Labute approximate surface area is 146 Å². The first-order chi connectivity index (χ1) is 12.0. The summed E-state index contributed by atoms with van der Waals surface area (Å²) in [5.41, 5.74) is 1.04. The number of piperazine rings is 1. The van der Waals surface area contributed by atoms with Crippen LogP contribution in [0.4, 0.5) is 10.2 Å². The zero-order valence-electron chi connectivity index (χ0n) is 13.7. The van der Waals surface area contributed by atoms with Crippen LogP contribution in [0.1, 0.15) is 24.5 Å². The Morgan fingerprint density at radius 2 is 1.76 bits per heavy atom. The zero-order chi connectivity index (χ0) is 17.4. The average molecular weight is 362 g/mol. The molecule has 0 N–H and O–H groups in total. The number of nitrogens with zero attached hydrogens (tertiary/aromatic N) is 4. The van der Waals surface area contributed by atoms with Crippen LogP contribution in [0, 0.1) is 5.82 Å². The lowest BCUT2D eigenvalue weighted by Crippen LogP contribution is -2.49. The Morgan fingerprint density at radius 1 is 1.00 bits per heavy atom. The van der Waals surface area contributed by atoms with Gasteiger partial charge in [-0.1, -0.05) is 6.07 Å². The van der Waals surface area contributed by atoms with E-state index >= 15 is 0 Å². The minimum absolute atomic E-state index is 0.00507. The third-order valence-electron chi connectivity index (χ3n) is 4.66. The topological polar surface area (TPSA) is 66.4 Å². The van der Waals surface area contributed by atoms with Gasteiger partial charge in [0, 0.05) is 32.1 Å². The second-order valence-electron chi connectivity index (χ2n) is 6.44. The Morgan fingerprint density at radius 3 is 2.36 bits per heavy atom. The number of halogens is 1. The molecule has 0 unspecified atom stereocenters. The molecule has 2 fully saturated rings. The number of sulfonamides is 1. The summed E-state index contributed by atoms with van der Waals surface area (Å²) >= 11 is 0. The Balaban J connectivity index is 1.43. The minimum Gasteiger partial charge on any atom is -0.352 e. The summed E-state index contributed by atoms with van der Waals surface area (Å²) in [6.45, 7) is 1.74. The highest BCUT2D eigenvalue weighted by atomic mass is 32.2. The van der Waals surface area contributed by atoms with Gasteiger partial charge in [-0.25, -0.2) is 12.8 Å². The molecule has 25 heavy (non-hydrogen) atoms. The van der Waals surface area contributed by atoms with Gasteiger partial charge in [0.05, 0.1) is 10.6 Å². The maximum atomic E-state index is 13.3. The van der Waals surface area contributed by atoms with Crippen molar-refractivity contribution >= 4 is 15.8 Å². The molecular weight excluding hydrogens is 343 g/mol. The molecule has 0 spiro atoms. The zero-order valence-corrected chi connectivity index (χ0v) is 14.5. The van der Waals surface area contributed by atoms with E-state index < -0.39 is 15.8 Å². The molecule has 2 aromatic rings. The molecule has 2 heterocycles. The summed E-state index contributed by atoms with van der Waals surface area (Å²) in [6.07, 6.45) is 2.37. The van der Waals surface area contributed by atoms with Crippen LogP contribution in [0.3, 0.4) is 0 Å². The van der Waals surface area contributed by atoms with Gasteiger partial charge >= 0.3 is 0 Å². The monoisotopic (exact) mass is 362 g/mol. The van der Waals surface area contributed by atoms with E-state index in [0.717, 1.165) is 17.6 Å². The third kappa shape index (κ3) is 3.36. The van der Waals surface area contributed by atoms with Crippen LogP contribution in [0.5, 0.6) is 0 Å². The van der Waals surface area contributed by atoms with Gasteiger partial charge in [0.2, 0.25) is 10.0 Å². The first-order valence-electron chi connectivity index (χ1n) is 8.38. The third-order valence-corrected chi connectivity index (χ3v) is 6.56. The smallest absolute Gasteiger partial charge is 0.243 e. The van der Waals surface area contributed by atoms with Crippen LogP contribution < -0.4 is 4.90 Å². The van der Waals surface area contributed by atoms with Crippen molar-refractivity contribution in [3.63, 3.8) is 0 Å². The van der Waals surface area contributed by atoms with Gasteiger partial charge in [-0.2, -0.15) is 9.40 Å². The number of benzene rings is 1. The normalized spacial score (nSPS) is 19.2. The maximum absolute atomic E-state index is 13.3. The SMILES string of the molecule is O=S(=O)(c1cccc(F)c1)N1CCN(c2ccc(C3CC3)nn2)CC1. The summed E-state index contributed by atoms with van der Waals surface area (Å²) in [7, 11) is -3.67. The summed E-state index contributed by atoms with van der Waals surface area (Å²) in [6, 6.07) is 9.10. The number of anilines is 1. The van der Waals surface area contributed by atoms with Gasteiger partial charge in [-0.15, -0.1) is 5.10 Å². The van der Waals surface area contributed by atoms with E-state index in [1.165, 1.54) is 35.3 Å². The van der Waals surface area contributed by atoms with E-state index in [2.05, 4.69) is 10.2 Å². The fourth-order valence-corrected chi connectivity index (χ4v) is 4.49. The molecule has 1 saturated heterocycles. The predicted octanol–water partition coefficient (Wildman–Crippen LogP) is 2.00. The summed E-state index contributed by atoms with van der Waals surface area (Å²) in [4.78, 5) is 2.02. The number of aromatic nitrogens is 2. The van der Waals surface area contributed by atoms with Crippen LogP contribution >= 0.6 is 0 Å². The number of hydrogen-bond acceptors (Lipinski definition) is 5. The van der Waals surface area contributed by atoms with Crippen molar-refractivity contribution in [3.8, 4) is 0 Å². The molecule has 132 valence electrons. The van der Waals surface area contributed by atoms with Gasteiger partial charge in [-0.3, -0.25) is 0 Å². The minimum atomic E-state index is -3.67. The van der Waals surface area contributed by atoms with Gasteiger partial charge in [0.1, 0.15) is 5.82 Å². The Bertz CT molecular complexity index is 860. The van der Waals surface area contributed by atoms with Crippen molar-refractivity contribution in [1.82, 2.24) is 14.5 Å². The fraction of sp³-hybridized carbons (Fsp3) is 0.412. The quantitative estimate of drug-likeness (QED) is 0.832. The molecule has 2 aliphatic rings. The van der Waals surface area contributed by atoms with E-state index in [4.69, 9.17) is 0 Å². The van der Waals surface area contributed by atoms with Gasteiger partial charge in [0.25, 0.3) is 0 Å². The lowest BCUT2D eigenvalue weighted by Gasteiger charge is -2.34. The lowest BCUT2D eigenvalue weighted by atomic mass is 10.2. The molecule has 1 saturated carbocycles. The second kappa shape index (κ2) is 6.34. The van der Waals surface area contributed by atoms with Crippen molar-refractivity contribution in [3.05, 3.63) is 47.9 Å². The van der Waals surface area contributed by atoms with E-state index in [1.807, 2.05) is 17.0 Å². The number of hydrogen-bond donors (Lipinski definition) is 0. The van der Waals surface area contributed by atoms with Crippen LogP contribution in [0.2, 0.25) is 0 Å². The summed E-state index contributed by atoms with van der Waals surface area (Å²) < 4.78 is 40.0. The largest absolute Gasteiger partial charge is 0.352 e. The fourth-order valence-electron chi connectivity index (χ4n) is 3.04. The molecule has 4 rings (SSSR count). The first kappa shape index (κ1) is 16.4. The predicted molar refractivity (Wildman–Crippen MR) is 91.4 cm³/mol. The molecule has 0 atom stereocenters. The van der Waals surface area contributed by atoms with Gasteiger partial charge in [-0.05, 0) is 43.2 Å². The van der Waals surface area contributed by atoms with Crippen molar-refractivity contribution in [2.75, 3.05) is 31.1 Å². The van der Waals surface area contributed by atoms with Crippen molar-refractivity contribution in [2.24, 2.45) is 0 Å². The Hall–Kier alpha value is -2.06. The molecule has 6 nitrogen and oxygen atoms in total. The molecule has 1 aromatic heterocycles. The average Bonchev–Trinajstić information content (AvgIpc) is 3.47. The molecule has 1 aliphatic carbocycles. The molecule has 1 aromatic carbocycles. The van der Waals surface area contributed by atoms with Gasteiger partial charge in [0.15, 0.2) is 5.82 Å². The maximum Gasteiger partial charge on any atom is 0.243 e.